The third kappa shape index (κ3) is 4.21. The molecular weight excluding hydrogens is 240 g/mol. The van der Waals surface area contributed by atoms with Crippen molar-refractivity contribution in [2.45, 2.75) is 6.92 Å². The Labute approximate surface area is 113 Å². The summed E-state index contributed by atoms with van der Waals surface area (Å²) in [5.74, 6) is 2.37. The van der Waals surface area contributed by atoms with E-state index in [2.05, 4.69) is 0 Å². The molecule has 0 unspecified atom stereocenters. The minimum absolute atomic E-state index is 0.485. The number of ether oxygens (including phenoxy) is 3. The average Bonchev–Trinajstić information content (AvgIpc) is 2.47. The molecule has 0 heterocycles. The second kappa shape index (κ2) is 7.31. The monoisotopic (exact) mass is 258 g/mol. The van der Waals surface area contributed by atoms with Crippen molar-refractivity contribution in [1.29, 1.82) is 0 Å². The molecule has 19 heavy (non-hydrogen) atoms. The molecule has 0 aromatic heterocycles. The van der Waals surface area contributed by atoms with Gasteiger partial charge in [-0.15, -0.1) is 0 Å². The molecular formula is C16H18O3. The molecule has 0 aliphatic carbocycles. The number of para-hydroxylation sites is 3. The molecule has 2 aromatic rings. The van der Waals surface area contributed by atoms with Crippen LogP contribution in [0.15, 0.2) is 54.6 Å². The molecule has 3 heteroatoms. The summed E-state index contributed by atoms with van der Waals surface area (Å²) in [6, 6.07) is 17.4. The minimum Gasteiger partial charge on any atom is -0.490 e. The fraction of sp³-hybridized carbons (Fsp3) is 0.250. The van der Waals surface area contributed by atoms with Gasteiger partial charge in [0.1, 0.15) is 19.0 Å². The van der Waals surface area contributed by atoms with E-state index in [1.807, 2.05) is 61.5 Å². The first-order valence-electron chi connectivity index (χ1n) is 6.42. The van der Waals surface area contributed by atoms with Gasteiger partial charge in [-0.05, 0) is 31.2 Å². The van der Waals surface area contributed by atoms with Crippen molar-refractivity contribution >= 4 is 0 Å². The van der Waals surface area contributed by atoms with Crippen LogP contribution in [0, 0.1) is 0 Å². The van der Waals surface area contributed by atoms with E-state index in [9.17, 15) is 0 Å². The van der Waals surface area contributed by atoms with E-state index >= 15 is 0 Å². The topological polar surface area (TPSA) is 27.7 Å². The van der Waals surface area contributed by atoms with Gasteiger partial charge < -0.3 is 14.2 Å². The van der Waals surface area contributed by atoms with Crippen LogP contribution < -0.4 is 14.2 Å². The minimum atomic E-state index is 0.485. The molecule has 100 valence electrons. The van der Waals surface area contributed by atoms with Crippen LogP contribution in [0.2, 0.25) is 0 Å². The summed E-state index contributed by atoms with van der Waals surface area (Å²) < 4.78 is 16.7. The zero-order valence-corrected chi connectivity index (χ0v) is 11.0. The van der Waals surface area contributed by atoms with Crippen molar-refractivity contribution in [3.05, 3.63) is 54.6 Å². The first kappa shape index (κ1) is 13.3. The maximum Gasteiger partial charge on any atom is 0.161 e. The molecule has 0 saturated heterocycles. The van der Waals surface area contributed by atoms with Gasteiger partial charge in [-0.25, -0.2) is 0 Å². The molecule has 3 nitrogen and oxygen atoms in total. The molecule has 0 fully saturated rings. The normalized spacial score (nSPS) is 9.95. The van der Waals surface area contributed by atoms with Gasteiger partial charge in [0.05, 0.1) is 6.61 Å². The highest BCUT2D eigenvalue weighted by Gasteiger charge is 2.02. The lowest BCUT2D eigenvalue weighted by Crippen LogP contribution is -2.09. The van der Waals surface area contributed by atoms with Crippen LogP contribution in [-0.2, 0) is 0 Å². The van der Waals surface area contributed by atoms with E-state index in [4.69, 9.17) is 14.2 Å². The summed E-state index contributed by atoms with van der Waals surface area (Å²) in [6.07, 6.45) is 0. The first-order chi connectivity index (χ1) is 9.40. The molecule has 0 atom stereocenters. The van der Waals surface area contributed by atoms with E-state index in [1.54, 1.807) is 0 Å². The Morgan fingerprint density at radius 2 is 1.26 bits per heavy atom. The second-order valence-corrected chi connectivity index (χ2v) is 3.89. The van der Waals surface area contributed by atoms with E-state index in [-0.39, 0.29) is 0 Å². The van der Waals surface area contributed by atoms with Crippen LogP contribution >= 0.6 is 0 Å². The molecule has 0 amide bonds. The number of hydrogen-bond acceptors (Lipinski definition) is 3. The van der Waals surface area contributed by atoms with Crippen molar-refractivity contribution < 1.29 is 14.2 Å². The third-order valence-electron chi connectivity index (χ3n) is 2.50. The summed E-state index contributed by atoms with van der Waals surface area (Å²) in [5, 5.41) is 0. The number of benzene rings is 2. The Balaban J connectivity index is 1.79. The summed E-state index contributed by atoms with van der Waals surface area (Å²) in [6.45, 7) is 3.57. The molecule has 0 aliphatic rings. The lowest BCUT2D eigenvalue weighted by molar-refractivity contribution is 0.208. The van der Waals surface area contributed by atoms with Gasteiger partial charge in [0.2, 0.25) is 0 Å². The van der Waals surface area contributed by atoms with Crippen LogP contribution in [0.1, 0.15) is 6.92 Å². The van der Waals surface area contributed by atoms with Gasteiger partial charge in [-0.3, -0.25) is 0 Å². The van der Waals surface area contributed by atoms with Crippen LogP contribution in [0.3, 0.4) is 0 Å². The van der Waals surface area contributed by atoms with Crippen molar-refractivity contribution in [3.8, 4) is 17.2 Å². The third-order valence-corrected chi connectivity index (χ3v) is 2.50. The summed E-state index contributed by atoms with van der Waals surface area (Å²) in [4.78, 5) is 0. The molecule has 2 aromatic carbocycles. The highest BCUT2D eigenvalue weighted by molar-refractivity contribution is 5.39. The Morgan fingerprint density at radius 1 is 0.684 bits per heavy atom. The van der Waals surface area contributed by atoms with Gasteiger partial charge in [0.25, 0.3) is 0 Å². The molecule has 0 N–H and O–H groups in total. The zero-order valence-electron chi connectivity index (χ0n) is 11.0. The predicted octanol–water partition coefficient (Wildman–Crippen LogP) is 3.54. The lowest BCUT2D eigenvalue weighted by atomic mass is 10.3. The maximum absolute atomic E-state index is 5.66. The molecule has 0 aliphatic heterocycles. The highest BCUT2D eigenvalue weighted by atomic mass is 16.5. The number of rotatable bonds is 7. The largest absolute Gasteiger partial charge is 0.490 e. The predicted molar refractivity (Wildman–Crippen MR) is 75.0 cm³/mol. The van der Waals surface area contributed by atoms with Crippen molar-refractivity contribution in [1.82, 2.24) is 0 Å². The van der Waals surface area contributed by atoms with E-state index in [1.165, 1.54) is 0 Å². The fourth-order valence-corrected chi connectivity index (χ4v) is 1.67. The van der Waals surface area contributed by atoms with Crippen LogP contribution in [-0.4, -0.2) is 19.8 Å². The average molecular weight is 258 g/mol. The van der Waals surface area contributed by atoms with Gasteiger partial charge in [0.15, 0.2) is 11.5 Å². The van der Waals surface area contributed by atoms with E-state index in [0.717, 1.165) is 17.2 Å². The van der Waals surface area contributed by atoms with Gasteiger partial charge in [-0.1, -0.05) is 30.3 Å². The molecule has 0 spiro atoms. The van der Waals surface area contributed by atoms with Gasteiger partial charge in [-0.2, -0.15) is 0 Å². The Bertz CT molecular complexity index is 482. The number of hydrogen-bond donors (Lipinski definition) is 0. The zero-order chi connectivity index (χ0) is 13.3. The fourth-order valence-electron chi connectivity index (χ4n) is 1.67. The standard InChI is InChI=1S/C16H18O3/c1-2-17-15-10-6-7-11-16(15)19-13-12-18-14-8-4-3-5-9-14/h3-11H,2,12-13H2,1H3. The summed E-state index contributed by atoms with van der Waals surface area (Å²) in [5.41, 5.74) is 0. The van der Waals surface area contributed by atoms with Crippen LogP contribution in [0.5, 0.6) is 17.2 Å². The first-order valence-corrected chi connectivity index (χ1v) is 6.42. The highest BCUT2D eigenvalue weighted by Crippen LogP contribution is 2.26. The second-order valence-electron chi connectivity index (χ2n) is 3.89. The SMILES string of the molecule is CCOc1ccccc1OCCOc1ccccc1. The quantitative estimate of drug-likeness (QED) is 0.711. The van der Waals surface area contributed by atoms with Gasteiger partial charge >= 0.3 is 0 Å². The maximum atomic E-state index is 5.66. The van der Waals surface area contributed by atoms with Crippen LogP contribution in [0.4, 0.5) is 0 Å². The Kier molecular flexibility index (Phi) is 5.11. The Morgan fingerprint density at radius 3 is 1.95 bits per heavy atom. The smallest absolute Gasteiger partial charge is 0.161 e. The molecule has 0 bridgehead atoms. The Hall–Kier alpha value is -2.16. The molecule has 0 saturated carbocycles. The van der Waals surface area contributed by atoms with E-state index in [0.29, 0.717) is 19.8 Å². The lowest BCUT2D eigenvalue weighted by Gasteiger charge is -2.12. The van der Waals surface area contributed by atoms with Crippen molar-refractivity contribution in [2.75, 3.05) is 19.8 Å². The van der Waals surface area contributed by atoms with Gasteiger partial charge in [0, 0.05) is 0 Å². The van der Waals surface area contributed by atoms with E-state index < -0.39 is 0 Å². The molecule has 0 radical (unpaired) electrons. The van der Waals surface area contributed by atoms with Crippen molar-refractivity contribution in [3.63, 3.8) is 0 Å². The van der Waals surface area contributed by atoms with Crippen LogP contribution in [0.25, 0.3) is 0 Å². The molecule has 2 rings (SSSR count). The summed E-state index contributed by atoms with van der Waals surface area (Å²) in [7, 11) is 0. The summed E-state index contributed by atoms with van der Waals surface area (Å²) >= 11 is 0. The van der Waals surface area contributed by atoms with Crippen molar-refractivity contribution in [2.24, 2.45) is 0 Å².